The zero-order valence-electron chi connectivity index (χ0n) is 23.5. The number of halogens is 1. The van der Waals surface area contributed by atoms with Gasteiger partial charge < -0.3 is 24.5 Å². The molecule has 4 aromatic carbocycles. The second kappa shape index (κ2) is 13.1. The Kier molecular flexibility index (Phi) is 8.45. The smallest absolute Gasteiger partial charge is 0.132 e. The van der Waals surface area contributed by atoms with Gasteiger partial charge in [-0.05, 0) is 65.4 Å². The number of nitrogens with zero attached hydrogens (tertiary/aromatic N) is 2. The fourth-order valence-electron chi connectivity index (χ4n) is 5.09. The predicted octanol–water partition coefficient (Wildman–Crippen LogP) is 7.61. The molecule has 0 saturated carbocycles. The molecule has 0 aliphatic rings. The van der Waals surface area contributed by atoms with E-state index in [-0.39, 0.29) is 11.6 Å². The van der Waals surface area contributed by atoms with Crippen molar-refractivity contribution in [2.45, 2.75) is 19.3 Å². The topological polar surface area (TPSA) is 96.1 Å². The summed E-state index contributed by atoms with van der Waals surface area (Å²) in [6, 6.07) is 26.8. The molecule has 7 nitrogen and oxygen atoms in total. The van der Waals surface area contributed by atoms with Crippen LogP contribution in [0.3, 0.4) is 0 Å². The van der Waals surface area contributed by atoms with Crippen LogP contribution in [0.5, 0.6) is 17.2 Å². The summed E-state index contributed by atoms with van der Waals surface area (Å²) in [6.07, 6.45) is 8.85. The molecule has 0 unspecified atom stereocenters. The highest BCUT2D eigenvalue weighted by Gasteiger charge is 2.13. The van der Waals surface area contributed by atoms with Crippen molar-refractivity contribution >= 4 is 0 Å². The Morgan fingerprint density at radius 1 is 0.674 bits per heavy atom. The quantitative estimate of drug-likeness (QED) is 0.131. The number of H-pyrrole nitrogens is 2. The number of phenolic OH excluding ortho intramolecular Hbond substituents is 1. The minimum absolute atomic E-state index is 0.151. The maximum Gasteiger partial charge on any atom is 0.132 e. The van der Waals surface area contributed by atoms with Crippen molar-refractivity contribution in [2.75, 3.05) is 13.2 Å². The van der Waals surface area contributed by atoms with Crippen molar-refractivity contribution < 1.29 is 19.0 Å². The number of aryl methyl sites for hydroxylation is 1. The van der Waals surface area contributed by atoms with Gasteiger partial charge >= 0.3 is 0 Å². The third kappa shape index (κ3) is 6.76. The van der Waals surface area contributed by atoms with E-state index in [4.69, 9.17) is 9.47 Å². The van der Waals surface area contributed by atoms with Gasteiger partial charge in [-0.3, -0.25) is 0 Å². The zero-order chi connectivity index (χ0) is 29.4. The normalized spacial score (nSPS) is 11.0. The van der Waals surface area contributed by atoms with Crippen molar-refractivity contribution in [1.29, 1.82) is 0 Å². The number of nitrogens with one attached hydrogen (secondary N) is 2. The van der Waals surface area contributed by atoms with E-state index in [1.54, 1.807) is 43.2 Å². The van der Waals surface area contributed by atoms with Crippen molar-refractivity contribution in [3.8, 4) is 50.9 Å². The zero-order valence-corrected chi connectivity index (χ0v) is 23.5. The van der Waals surface area contributed by atoms with Crippen LogP contribution in [0.1, 0.15) is 17.5 Å². The number of imidazole rings is 2. The summed E-state index contributed by atoms with van der Waals surface area (Å²) in [5.41, 5.74) is 7.35. The van der Waals surface area contributed by atoms with E-state index in [9.17, 15) is 9.50 Å². The lowest BCUT2D eigenvalue weighted by atomic mass is 9.99. The number of aromatic hydroxyl groups is 1. The highest BCUT2D eigenvalue weighted by molar-refractivity contribution is 5.73. The molecular weight excluding hydrogens is 543 g/mol. The van der Waals surface area contributed by atoms with Gasteiger partial charge in [-0.1, -0.05) is 54.6 Å². The number of aromatic nitrogens is 4. The molecule has 0 amide bonds. The molecule has 2 heterocycles. The average molecular weight is 575 g/mol. The number of rotatable bonds is 12. The number of ether oxygens (including phenoxy) is 2. The summed E-state index contributed by atoms with van der Waals surface area (Å²) in [4.78, 5) is 14.1. The molecule has 0 saturated heterocycles. The van der Waals surface area contributed by atoms with E-state index in [0.717, 1.165) is 29.5 Å². The molecule has 0 radical (unpaired) electrons. The van der Waals surface area contributed by atoms with Crippen LogP contribution in [-0.2, 0) is 12.8 Å². The molecule has 0 atom stereocenters. The van der Waals surface area contributed by atoms with E-state index in [1.165, 1.54) is 17.7 Å². The Morgan fingerprint density at radius 3 is 2.07 bits per heavy atom. The van der Waals surface area contributed by atoms with Crippen LogP contribution < -0.4 is 9.47 Å². The summed E-state index contributed by atoms with van der Waals surface area (Å²) >= 11 is 0. The van der Waals surface area contributed by atoms with Crippen LogP contribution in [0, 0.1) is 5.82 Å². The Balaban J connectivity index is 1.05. The first-order valence-electron chi connectivity index (χ1n) is 14.2. The third-order valence-corrected chi connectivity index (χ3v) is 7.20. The highest BCUT2D eigenvalue weighted by Crippen LogP contribution is 2.36. The number of benzene rings is 4. The number of phenols is 1. The van der Waals surface area contributed by atoms with Gasteiger partial charge in [0, 0.05) is 12.0 Å². The van der Waals surface area contributed by atoms with Gasteiger partial charge in [0.1, 0.15) is 23.1 Å². The minimum Gasteiger partial charge on any atom is -0.507 e. The van der Waals surface area contributed by atoms with E-state index in [0.29, 0.717) is 53.6 Å². The van der Waals surface area contributed by atoms with E-state index in [2.05, 4.69) is 68.5 Å². The van der Waals surface area contributed by atoms with E-state index in [1.807, 2.05) is 6.07 Å². The molecule has 0 bridgehead atoms. The SMILES string of the molecule is Oc1cccc(OCCCc2cccc(-c3cccc(CCOc4ccc(F)cc4-c4cnc[nH]4)c3)c2)c1-c1cnc[nH]1. The first-order chi connectivity index (χ1) is 21.1. The minimum atomic E-state index is -0.324. The summed E-state index contributed by atoms with van der Waals surface area (Å²) in [5.74, 6) is 1.06. The molecule has 0 spiro atoms. The van der Waals surface area contributed by atoms with Crippen molar-refractivity contribution in [3.63, 3.8) is 0 Å². The summed E-state index contributed by atoms with van der Waals surface area (Å²) in [6.45, 7) is 0.970. The van der Waals surface area contributed by atoms with Crippen LogP contribution >= 0.6 is 0 Å². The average Bonchev–Trinajstić information content (AvgIpc) is 3.76. The third-order valence-electron chi connectivity index (χ3n) is 7.20. The maximum atomic E-state index is 13.9. The fraction of sp³-hybridized carbons (Fsp3) is 0.143. The largest absolute Gasteiger partial charge is 0.507 e. The van der Waals surface area contributed by atoms with Gasteiger partial charge in [0.2, 0.25) is 0 Å². The van der Waals surface area contributed by atoms with Gasteiger partial charge in [0.15, 0.2) is 0 Å². The van der Waals surface area contributed by atoms with E-state index >= 15 is 0 Å². The lowest BCUT2D eigenvalue weighted by Gasteiger charge is -2.12. The monoisotopic (exact) mass is 574 g/mol. The molecule has 8 heteroatoms. The first-order valence-corrected chi connectivity index (χ1v) is 14.2. The summed E-state index contributed by atoms with van der Waals surface area (Å²) in [7, 11) is 0. The van der Waals surface area contributed by atoms with E-state index < -0.39 is 0 Å². The maximum absolute atomic E-state index is 13.9. The van der Waals surface area contributed by atoms with Crippen LogP contribution in [-0.4, -0.2) is 38.3 Å². The van der Waals surface area contributed by atoms with Gasteiger partial charge in [-0.25, -0.2) is 14.4 Å². The number of hydrogen-bond donors (Lipinski definition) is 3. The Morgan fingerprint density at radius 2 is 1.35 bits per heavy atom. The highest BCUT2D eigenvalue weighted by atomic mass is 19.1. The second-order valence-electron chi connectivity index (χ2n) is 10.2. The van der Waals surface area contributed by atoms with Crippen LogP contribution in [0.2, 0.25) is 0 Å². The van der Waals surface area contributed by atoms with Crippen molar-refractivity contribution in [3.05, 3.63) is 127 Å². The molecule has 0 aliphatic carbocycles. The standard InChI is InChI=1S/C35H31FN4O3/c36-28-12-13-33(29(19-28)30-20-37-22-39-30)43-16-14-25-6-2-9-27(18-25)26-8-1-5-24(17-26)7-4-15-42-34-11-3-10-32(41)35(34)31-21-38-23-40-31/h1-3,5-6,8-13,17-23,41H,4,7,14-16H2,(H,37,39)(H,38,40). The number of hydrogen-bond acceptors (Lipinski definition) is 5. The molecule has 0 aliphatic heterocycles. The summed E-state index contributed by atoms with van der Waals surface area (Å²) < 4.78 is 26.0. The lowest BCUT2D eigenvalue weighted by molar-refractivity contribution is 0.310. The van der Waals surface area contributed by atoms with Gasteiger partial charge in [0.25, 0.3) is 0 Å². The summed E-state index contributed by atoms with van der Waals surface area (Å²) in [5, 5.41) is 10.4. The Bertz CT molecular complexity index is 1790. The second-order valence-corrected chi connectivity index (χ2v) is 10.2. The molecule has 2 aromatic heterocycles. The lowest BCUT2D eigenvalue weighted by Crippen LogP contribution is -2.03. The van der Waals surface area contributed by atoms with Gasteiger partial charge in [0.05, 0.1) is 55.2 Å². The molecule has 3 N–H and O–H groups in total. The molecule has 6 aromatic rings. The van der Waals surface area contributed by atoms with Gasteiger partial charge in [-0.15, -0.1) is 0 Å². The van der Waals surface area contributed by atoms with Crippen molar-refractivity contribution in [1.82, 2.24) is 19.9 Å². The van der Waals surface area contributed by atoms with Crippen LogP contribution in [0.15, 0.2) is 110 Å². The Hall–Kier alpha value is -5.37. The predicted molar refractivity (Wildman–Crippen MR) is 165 cm³/mol. The van der Waals surface area contributed by atoms with Crippen LogP contribution in [0.4, 0.5) is 4.39 Å². The Labute approximate surface area is 249 Å². The van der Waals surface area contributed by atoms with Crippen molar-refractivity contribution in [2.24, 2.45) is 0 Å². The molecule has 43 heavy (non-hydrogen) atoms. The van der Waals surface area contributed by atoms with Crippen LogP contribution in [0.25, 0.3) is 33.6 Å². The number of aromatic amines is 2. The molecular formula is C35H31FN4O3. The first kappa shape index (κ1) is 27.8. The fourth-order valence-corrected chi connectivity index (χ4v) is 5.09. The molecule has 216 valence electrons. The molecule has 6 rings (SSSR count). The van der Waals surface area contributed by atoms with Gasteiger partial charge in [-0.2, -0.15) is 0 Å². The molecule has 0 fully saturated rings.